The van der Waals surface area contributed by atoms with Crippen molar-refractivity contribution in [2.24, 2.45) is 0 Å². The normalized spacial score (nSPS) is 10.9. The van der Waals surface area contributed by atoms with Crippen LogP contribution in [0.2, 0.25) is 0 Å². The number of carbonyl (C=O) groups excluding carboxylic acids is 1. The number of amides is 1. The molecule has 0 heterocycles. The third-order valence-corrected chi connectivity index (χ3v) is 4.84. The second-order valence-corrected chi connectivity index (χ2v) is 7.10. The smallest absolute Gasteiger partial charge is 0.220 e. The summed E-state index contributed by atoms with van der Waals surface area (Å²) in [7, 11) is 0. The molecule has 0 aliphatic rings. The van der Waals surface area contributed by atoms with E-state index in [0.717, 1.165) is 36.1 Å². The molecule has 0 spiro atoms. The van der Waals surface area contributed by atoms with Crippen molar-refractivity contribution in [2.45, 2.75) is 39.8 Å². The maximum Gasteiger partial charge on any atom is 0.220 e. The Morgan fingerprint density at radius 3 is 2.32 bits per heavy atom. The van der Waals surface area contributed by atoms with Crippen molar-refractivity contribution in [3.63, 3.8) is 0 Å². The van der Waals surface area contributed by atoms with Crippen molar-refractivity contribution in [2.75, 3.05) is 13.1 Å². The summed E-state index contributed by atoms with van der Waals surface area (Å²) in [5.41, 5.74) is 3.62. The molecule has 0 saturated carbocycles. The number of rotatable bonds is 9. The van der Waals surface area contributed by atoms with Gasteiger partial charge in [-0.1, -0.05) is 66.2 Å². The third-order valence-electron chi connectivity index (χ3n) is 4.34. The topological polar surface area (TPSA) is 32.3 Å². The Morgan fingerprint density at radius 2 is 1.68 bits per heavy atom. The van der Waals surface area contributed by atoms with Gasteiger partial charge in [-0.15, -0.1) is 0 Å². The minimum atomic E-state index is 0.0900. The fourth-order valence-electron chi connectivity index (χ4n) is 2.71. The Morgan fingerprint density at radius 1 is 1.00 bits per heavy atom. The molecular formula is C21H27BrN2O. The first kappa shape index (κ1) is 19.7. The third kappa shape index (κ3) is 7.00. The van der Waals surface area contributed by atoms with E-state index in [1.165, 1.54) is 11.1 Å². The first-order valence-electron chi connectivity index (χ1n) is 8.92. The lowest BCUT2D eigenvalue weighted by molar-refractivity contribution is -0.121. The largest absolute Gasteiger partial charge is 0.352 e. The molecule has 1 N–H and O–H groups in total. The minimum absolute atomic E-state index is 0.0900. The molecule has 3 nitrogen and oxygen atoms in total. The summed E-state index contributed by atoms with van der Waals surface area (Å²) in [6.07, 6.45) is 1.27. The highest BCUT2D eigenvalue weighted by atomic mass is 79.9. The predicted molar refractivity (Wildman–Crippen MR) is 107 cm³/mol. The van der Waals surface area contributed by atoms with Crippen LogP contribution in [0.5, 0.6) is 0 Å². The average molecular weight is 403 g/mol. The summed E-state index contributed by atoms with van der Waals surface area (Å²) in [6.45, 7) is 8.05. The van der Waals surface area contributed by atoms with Crippen LogP contribution in [0.25, 0.3) is 0 Å². The molecule has 0 saturated heterocycles. The van der Waals surface area contributed by atoms with Crippen molar-refractivity contribution in [3.8, 4) is 0 Å². The monoisotopic (exact) mass is 402 g/mol. The lowest BCUT2D eigenvalue weighted by Crippen LogP contribution is -2.23. The van der Waals surface area contributed by atoms with Crippen LogP contribution in [0, 0.1) is 0 Å². The number of nitrogens with zero attached hydrogens (tertiary/aromatic N) is 1. The van der Waals surface area contributed by atoms with Gasteiger partial charge in [0.15, 0.2) is 0 Å². The van der Waals surface area contributed by atoms with Crippen LogP contribution in [0.1, 0.15) is 37.0 Å². The molecule has 2 aromatic rings. The molecule has 0 aliphatic carbocycles. The Bertz CT molecular complexity index is 666. The maximum absolute atomic E-state index is 12.0. The maximum atomic E-state index is 12.0. The number of hydrogen-bond donors (Lipinski definition) is 1. The van der Waals surface area contributed by atoms with Crippen LogP contribution in [0.3, 0.4) is 0 Å². The summed E-state index contributed by atoms with van der Waals surface area (Å²) < 4.78 is 1.05. The molecule has 134 valence electrons. The molecule has 0 unspecified atom stereocenters. The van der Waals surface area contributed by atoms with E-state index in [9.17, 15) is 4.79 Å². The van der Waals surface area contributed by atoms with Crippen LogP contribution in [0.15, 0.2) is 53.0 Å². The van der Waals surface area contributed by atoms with E-state index in [4.69, 9.17) is 0 Å². The molecule has 2 aromatic carbocycles. The number of aryl methyl sites for hydroxylation is 1. The number of halogens is 1. The van der Waals surface area contributed by atoms with Crippen LogP contribution in [-0.2, 0) is 24.3 Å². The van der Waals surface area contributed by atoms with E-state index in [1.807, 2.05) is 18.2 Å². The van der Waals surface area contributed by atoms with E-state index < -0.39 is 0 Å². The first-order chi connectivity index (χ1) is 12.1. The van der Waals surface area contributed by atoms with E-state index in [1.54, 1.807) is 0 Å². The fourth-order valence-corrected chi connectivity index (χ4v) is 3.15. The SMILES string of the molecule is CCN(CC)Cc1ccc(CNC(=O)CCc2cccc(Br)c2)cc1. The van der Waals surface area contributed by atoms with E-state index >= 15 is 0 Å². The lowest BCUT2D eigenvalue weighted by Gasteiger charge is -2.18. The van der Waals surface area contributed by atoms with Crippen molar-refractivity contribution < 1.29 is 4.79 Å². The zero-order valence-electron chi connectivity index (χ0n) is 15.1. The summed E-state index contributed by atoms with van der Waals surface area (Å²) in [6, 6.07) is 16.6. The second kappa shape index (κ2) is 10.4. The Labute approximate surface area is 159 Å². The Kier molecular flexibility index (Phi) is 8.16. The number of benzene rings is 2. The van der Waals surface area contributed by atoms with Gasteiger partial charge in [0.05, 0.1) is 0 Å². The van der Waals surface area contributed by atoms with Gasteiger partial charge in [-0.05, 0) is 48.3 Å². The van der Waals surface area contributed by atoms with Gasteiger partial charge in [0.1, 0.15) is 0 Å². The van der Waals surface area contributed by atoms with Crippen LogP contribution in [0.4, 0.5) is 0 Å². The molecular weight excluding hydrogens is 376 g/mol. The summed E-state index contributed by atoms with van der Waals surface area (Å²) in [5, 5.41) is 3.01. The minimum Gasteiger partial charge on any atom is -0.352 e. The molecule has 2 rings (SSSR count). The zero-order chi connectivity index (χ0) is 18.1. The summed E-state index contributed by atoms with van der Waals surface area (Å²) >= 11 is 3.46. The average Bonchev–Trinajstić information content (AvgIpc) is 2.63. The highest BCUT2D eigenvalue weighted by Gasteiger charge is 2.04. The first-order valence-corrected chi connectivity index (χ1v) is 9.71. The quantitative estimate of drug-likeness (QED) is 0.667. The molecule has 25 heavy (non-hydrogen) atoms. The van der Waals surface area contributed by atoms with Gasteiger partial charge in [-0.25, -0.2) is 0 Å². The van der Waals surface area contributed by atoms with Gasteiger partial charge in [-0.2, -0.15) is 0 Å². The van der Waals surface area contributed by atoms with Crippen molar-refractivity contribution >= 4 is 21.8 Å². The molecule has 0 aliphatic heterocycles. The van der Waals surface area contributed by atoms with Crippen molar-refractivity contribution in [3.05, 3.63) is 69.7 Å². The van der Waals surface area contributed by atoms with Gasteiger partial charge in [0, 0.05) is 24.0 Å². The van der Waals surface area contributed by atoms with Gasteiger partial charge in [0.2, 0.25) is 5.91 Å². The standard InChI is InChI=1S/C21H27BrN2O/c1-3-24(4-2)16-19-10-8-18(9-11-19)15-23-21(25)13-12-17-6-5-7-20(22)14-17/h5-11,14H,3-4,12-13,15-16H2,1-2H3,(H,23,25). The Balaban J connectivity index is 1.75. The molecule has 4 heteroatoms. The van der Waals surface area contributed by atoms with E-state index in [0.29, 0.717) is 13.0 Å². The molecule has 0 radical (unpaired) electrons. The van der Waals surface area contributed by atoms with E-state index in [-0.39, 0.29) is 5.91 Å². The molecule has 0 atom stereocenters. The number of nitrogens with one attached hydrogen (secondary N) is 1. The van der Waals surface area contributed by atoms with Gasteiger partial charge in [0.25, 0.3) is 0 Å². The summed E-state index contributed by atoms with van der Waals surface area (Å²) in [5.74, 6) is 0.0900. The Hall–Kier alpha value is -1.65. The van der Waals surface area contributed by atoms with E-state index in [2.05, 4.69) is 70.3 Å². The fraction of sp³-hybridized carbons (Fsp3) is 0.381. The highest BCUT2D eigenvalue weighted by molar-refractivity contribution is 9.10. The molecule has 1 amide bonds. The van der Waals surface area contributed by atoms with Gasteiger partial charge in [-0.3, -0.25) is 9.69 Å². The lowest BCUT2D eigenvalue weighted by atomic mass is 10.1. The van der Waals surface area contributed by atoms with Crippen LogP contribution in [-0.4, -0.2) is 23.9 Å². The van der Waals surface area contributed by atoms with Crippen LogP contribution >= 0.6 is 15.9 Å². The second-order valence-electron chi connectivity index (χ2n) is 6.18. The molecule has 0 aromatic heterocycles. The highest BCUT2D eigenvalue weighted by Crippen LogP contribution is 2.13. The molecule has 0 fully saturated rings. The van der Waals surface area contributed by atoms with Crippen molar-refractivity contribution in [1.29, 1.82) is 0 Å². The summed E-state index contributed by atoms with van der Waals surface area (Å²) in [4.78, 5) is 14.4. The predicted octanol–water partition coefficient (Wildman–Crippen LogP) is 4.54. The number of carbonyl (C=O) groups is 1. The van der Waals surface area contributed by atoms with Crippen LogP contribution < -0.4 is 5.32 Å². The zero-order valence-corrected chi connectivity index (χ0v) is 16.7. The number of hydrogen-bond acceptors (Lipinski definition) is 2. The van der Waals surface area contributed by atoms with Gasteiger partial charge < -0.3 is 5.32 Å². The molecule has 0 bridgehead atoms. The van der Waals surface area contributed by atoms with Gasteiger partial charge >= 0.3 is 0 Å². The van der Waals surface area contributed by atoms with Crippen molar-refractivity contribution in [1.82, 2.24) is 10.2 Å².